The summed E-state index contributed by atoms with van der Waals surface area (Å²) in [7, 11) is 0. The Kier molecular flexibility index (Phi) is 3.54. The van der Waals surface area contributed by atoms with E-state index >= 15 is 0 Å². The molecule has 0 amide bonds. The highest BCUT2D eigenvalue weighted by molar-refractivity contribution is 9.10. The first-order valence-electron chi connectivity index (χ1n) is 6.10. The van der Waals surface area contributed by atoms with Gasteiger partial charge in [0.15, 0.2) is 5.82 Å². The maximum absolute atomic E-state index is 5.92. The largest absolute Gasteiger partial charge is 0.384 e. The molecule has 3 rings (SSSR count). The molecule has 20 heavy (non-hydrogen) atoms. The van der Waals surface area contributed by atoms with Crippen molar-refractivity contribution in [3.63, 3.8) is 0 Å². The van der Waals surface area contributed by atoms with Crippen LogP contribution >= 0.6 is 27.3 Å². The van der Waals surface area contributed by atoms with Gasteiger partial charge in [0, 0.05) is 21.0 Å². The second-order valence-electron chi connectivity index (χ2n) is 4.38. The summed E-state index contributed by atoms with van der Waals surface area (Å²) < 4.78 is 1.07. The van der Waals surface area contributed by atoms with E-state index in [1.54, 1.807) is 17.4 Å². The number of hydrogen-bond acceptors (Lipinski definition) is 4. The number of halogens is 1. The minimum absolute atomic E-state index is 0.482. The van der Waals surface area contributed by atoms with Crippen molar-refractivity contribution in [2.24, 2.45) is 0 Å². The number of aryl methyl sites for hydroxylation is 1. The quantitative estimate of drug-likeness (QED) is 0.742. The minimum Gasteiger partial charge on any atom is -0.384 e. The van der Waals surface area contributed by atoms with Gasteiger partial charge in [-0.3, -0.25) is 0 Å². The molecule has 0 aliphatic rings. The Bertz CT molecular complexity index is 734. The van der Waals surface area contributed by atoms with Crippen LogP contribution in [0.1, 0.15) is 4.88 Å². The van der Waals surface area contributed by atoms with Gasteiger partial charge in [-0.1, -0.05) is 30.3 Å². The van der Waals surface area contributed by atoms with Crippen molar-refractivity contribution in [3.8, 4) is 22.0 Å². The molecule has 100 valence electrons. The van der Waals surface area contributed by atoms with Gasteiger partial charge < -0.3 is 5.73 Å². The first kappa shape index (κ1) is 13.3. The molecular weight excluding hydrogens is 334 g/mol. The lowest BCUT2D eigenvalue weighted by Gasteiger charge is -2.04. The van der Waals surface area contributed by atoms with Gasteiger partial charge in [-0.25, -0.2) is 9.97 Å². The Labute approximate surface area is 129 Å². The van der Waals surface area contributed by atoms with Gasteiger partial charge in [0.2, 0.25) is 0 Å². The highest BCUT2D eigenvalue weighted by atomic mass is 79.9. The zero-order valence-corrected chi connectivity index (χ0v) is 13.2. The Morgan fingerprint density at radius 2 is 1.85 bits per heavy atom. The van der Waals surface area contributed by atoms with E-state index in [1.807, 2.05) is 36.4 Å². The van der Waals surface area contributed by atoms with Crippen molar-refractivity contribution in [1.82, 2.24) is 9.97 Å². The van der Waals surface area contributed by atoms with Crippen LogP contribution in [0.3, 0.4) is 0 Å². The van der Waals surface area contributed by atoms with Gasteiger partial charge >= 0.3 is 0 Å². The zero-order chi connectivity index (χ0) is 14.1. The van der Waals surface area contributed by atoms with E-state index in [-0.39, 0.29) is 0 Å². The normalized spacial score (nSPS) is 10.7. The van der Waals surface area contributed by atoms with E-state index < -0.39 is 0 Å². The fourth-order valence-electron chi connectivity index (χ4n) is 1.90. The van der Waals surface area contributed by atoms with Crippen LogP contribution in [0.4, 0.5) is 5.82 Å². The molecule has 0 unspecified atom stereocenters. The van der Waals surface area contributed by atoms with Gasteiger partial charge in [-0.05, 0) is 28.9 Å². The van der Waals surface area contributed by atoms with Crippen molar-refractivity contribution < 1.29 is 0 Å². The number of rotatable bonds is 2. The lowest BCUT2D eigenvalue weighted by atomic mass is 10.1. The summed E-state index contributed by atoms with van der Waals surface area (Å²) in [5.41, 5.74) is 7.80. The summed E-state index contributed by atoms with van der Waals surface area (Å²) in [5, 5.41) is 0. The molecule has 2 aromatic heterocycles. The monoisotopic (exact) mass is 345 g/mol. The van der Waals surface area contributed by atoms with Gasteiger partial charge in [-0.2, -0.15) is 0 Å². The second-order valence-corrected chi connectivity index (χ2v) is 6.49. The molecule has 3 aromatic rings. The van der Waals surface area contributed by atoms with E-state index in [0.29, 0.717) is 11.6 Å². The predicted octanol–water partition coefficient (Wildman–Crippen LogP) is 4.53. The predicted molar refractivity (Wildman–Crippen MR) is 87.6 cm³/mol. The number of nitrogen functional groups attached to an aromatic ring is 1. The standard InChI is InChI=1S/C15H12BrN3S/c1-9-11(16)7-13(20-9)15-18-12(8-14(17)19-15)10-5-3-2-4-6-10/h2-8H,1H3,(H2,17,18,19). The number of nitrogens with two attached hydrogens (primary N) is 1. The summed E-state index contributed by atoms with van der Waals surface area (Å²) in [6.07, 6.45) is 0. The average molecular weight is 346 g/mol. The van der Waals surface area contributed by atoms with E-state index in [9.17, 15) is 0 Å². The number of thiophene rings is 1. The second kappa shape index (κ2) is 5.34. The zero-order valence-electron chi connectivity index (χ0n) is 10.8. The first-order valence-corrected chi connectivity index (χ1v) is 7.71. The van der Waals surface area contributed by atoms with Crippen molar-refractivity contribution in [1.29, 1.82) is 0 Å². The number of nitrogens with zero attached hydrogens (tertiary/aromatic N) is 2. The maximum Gasteiger partial charge on any atom is 0.172 e. The average Bonchev–Trinajstić information content (AvgIpc) is 2.79. The van der Waals surface area contributed by atoms with Crippen LogP contribution in [0, 0.1) is 6.92 Å². The molecule has 2 heterocycles. The summed E-state index contributed by atoms with van der Waals surface area (Å²) in [6.45, 7) is 2.06. The molecule has 0 aliphatic heterocycles. The molecule has 5 heteroatoms. The van der Waals surface area contributed by atoms with Crippen molar-refractivity contribution in [2.45, 2.75) is 6.92 Å². The molecule has 2 N–H and O–H groups in total. The number of benzene rings is 1. The van der Waals surface area contributed by atoms with E-state index in [0.717, 1.165) is 20.6 Å². The highest BCUT2D eigenvalue weighted by Gasteiger charge is 2.11. The number of hydrogen-bond donors (Lipinski definition) is 1. The lowest BCUT2D eigenvalue weighted by Crippen LogP contribution is -1.96. The molecule has 0 radical (unpaired) electrons. The van der Waals surface area contributed by atoms with Crippen LogP contribution in [0.15, 0.2) is 46.9 Å². The van der Waals surface area contributed by atoms with E-state index in [4.69, 9.17) is 5.73 Å². The van der Waals surface area contributed by atoms with Crippen LogP contribution in [-0.4, -0.2) is 9.97 Å². The van der Waals surface area contributed by atoms with Crippen LogP contribution in [0.5, 0.6) is 0 Å². The van der Waals surface area contributed by atoms with Crippen LogP contribution in [0.2, 0.25) is 0 Å². The Morgan fingerprint density at radius 1 is 1.10 bits per heavy atom. The third-order valence-electron chi connectivity index (χ3n) is 2.89. The molecule has 0 saturated carbocycles. The van der Waals surface area contributed by atoms with Gasteiger partial charge in [0.25, 0.3) is 0 Å². The van der Waals surface area contributed by atoms with Crippen LogP contribution < -0.4 is 5.73 Å². The fourth-order valence-corrected chi connectivity index (χ4v) is 3.37. The summed E-state index contributed by atoms with van der Waals surface area (Å²) >= 11 is 5.17. The molecule has 3 nitrogen and oxygen atoms in total. The SMILES string of the molecule is Cc1sc(-c2nc(N)cc(-c3ccccc3)n2)cc1Br. The van der Waals surface area contributed by atoms with Gasteiger partial charge in [-0.15, -0.1) is 11.3 Å². The molecule has 0 bridgehead atoms. The van der Waals surface area contributed by atoms with Gasteiger partial charge in [0.1, 0.15) is 5.82 Å². The number of aromatic nitrogens is 2. The van der Waals surface area contributed by atoms with E-state index in [2.05, 4.69) is 32.8 Å². The smallest absolute Gasteiger partial charge is 0.172 e. The lowest BCUT2D eigenvalue weighted by molar-refractivity contribution is 1.20. The van der Waals surface area contributed by atoms with Crippen molar-refractivity contribution in [3.05, 3.63) is 51.8 Å². The Morgan fingerprint density at radius 3 is 2.50 bits per heavy atom. The van der Waals surface area contributed by atoms with Crippen molar-refractivity contribution >= 4 is 33.1 Å². The molecular formula is C15H12BrN3S. The molecule has 0 fully saturated rings. The van der Waals surface area contributed by atoms with E-state index in [1.165, 1.54) is 4.88 Å². The topological polar surface area (TPSA) is 51.8 Å². The van der Waals surface area contributed by atoms with Gasteiger partial charge in [0.05, 0.1) is 10.6 Å². The third-order valence-corrected chi connectivity index (χ3v) is 5.03. The van der Waals surface area contributed by atoms with Crippen LogP contribution in [0.25, 0.3) is 22.0 Å². The fraction of sp³-hybridized carbons (Fsp3) is 0.0667. The molecule has 0 saturated heterocycles. The maximum atomic E-state index is 5.92. The summed E-state index contributed by atoms with van der Waals surface area (Å²) in [6, 6.07) is 13.8. The molecule has 1 aromatic carbocycles. The summed E-state index contributed by atoms with van der Waals surface area (Å²) in [4.78, 5) is 11.2. The first-order chi connectivity index (χ1) is 9.63. The third kappa shape index (κ3) is 2.59. The molecule has 0 aliphatic carbocycles. The Hall–Kier alpha value is -1.72. The minimum atomic E-state index is 0.482. The molecule has 0 atom stereocenters. The van der Waals surface area contributed by atoms with Crippen molar-refractivity contribution in [2.75, 3.05) is 5.73 Å². The summed E-state index contributed by atoms with van der Waals surface area (Å²) in [5.74, 6) is 1.15. The molecule has 0 spiro atoms. The highest BCUT2D eigenvalue weighted by Crippen LogP contribution is 2.33. The van der Waals surface area contributed by atoms with Crippen LogP contribution in [-0.2, 0) is 0 Å². The Balaban J connectivity index is 2.12. The number of anilines is 1.